The van der Waals surface area contributed by atoms with Gasteiger partial charge in [0.2, 0.25) is 5.91 Å². The van der Waals surface area contributed by atoms with Crippen LogP contribution >= 0.6 is 0 Å². The molecule has 1 aliphatic rings. The van der Waals surface area contributed by atoms with Crippen molar-refractivity contribution in [1.29, 1.82) is 0 Å². The topological polar surface area (TPSA) is 54.7 Å². The molecule has 1 fully saturated rings. The Bertz CT molecular complexity index is 403. The summed E-state index contributed by atoms with van der Waals surface area (Å²) >= 11 is 0. The van der Waals surface area contributed by atoms with Gasteiger partial charge in [-0.15, -0.1) is 0 Å². The molecule has 0 spiro atoms. The summed E-state index contributed by atoms with van der Waals surface area (Å²) in [7, 11) is 0. The summed E-state index contributed by atoms with van der Waals surface area (Å²) in [6, 6.07) is 4.27. The standard InChI is InChI=1S/C15H24N2O3/c1-12(2)17-7-9-20-14(11-17)10-15(18)16-6-5-13-4-3-8-19-13/h3-4,8,12,14H,5-7,9-11H2,1-2H3,(H,16,18)/t14-/m0/s1. The van der Waals surface area contributed by atoms with Gasteiger partial charge in [0, 0.05) is 32.1 Å². The first kappa shape index (κ1) is 15.1. The molecule has 0 aliphatic carbocycles. The van der Waals surface area contributed by atoms with Gasteiger partial charge in [0.1, 0.15) is 5.76 Å². The summed E-state index contributed by atoms with van der Waals surface area (Å²) < 4.78 is 10.9. The zero-order chi connectivity index (χ0) is 14.4. The Labute approximate surface area is 120 Å². The van der Waals surface area contributed by atoms with Crippen LogP contribution < -0.4 is 5.32 Å². The van der Waals surface area contributed by atoms with Crippen LogP contribution in [0.4, 0.5) is 0 Å². The summed E-state index contributed by atoms with van der Waals surface area (Å²) in [5, 5.41) is 2.91. The highest BCUT2D eigenvalue weighted by Gasteiger charge is 2.24. The zero-order valence-corrected chi connectivity index (χ0v) is 12.3. The zero-order valence-electron chi connectivity index (χ0n) is 12.3. The maximum absolute atomic E-state index is 11.9. The van der Waals surface area contributed by atoms with Crippen LogP contribution in [0.1, 0.15) is 26.0 Å². The van der Waals surface area contributed by atoms with E-state index in [0.29, 0.717) is 25.6 Å². The average molecular weight is 280 g/mol. The fourth-order valence-corrected chi connectivity index (χ4v) is 2.39. The minimum absolute atomic E-state index is 0.00904. The van der Waals surface area contributed by atoms with Crippen molar-refractivity contribution in [3.8, 4) is 0 Å². The molecule has 0 aromatic carbocycles. The van der Waals surface area contributed by atoms with Crippen molar-refractivity contribution in [3.05, 3.63) is 24.2 Å². The molecule has 5 nitrogen and oxygen atoms in total. The van der Waals surface area contributed by atoms with E-state index < -0.39 is 0 Å². The third-order valence-electron chi connectivity index (χ3n) is 3.59. The van der Waals surface area contributed by atoms with Gasteiger partial charge in [-0.3, -0.25) is 9.69 Å². The smallest absolute Gasteiger partial charge is 0.222 e. The van der Waals surface area contributed by atoms with Crippen molar-refractivity contribution in [1.82, 2.24) is 10.2 Å². The molecule has 1 aromatic rings. The Kier molecular flexibility index (Phi) is 5.61. The Morgan fingerprint density at radius 1 is 1.55 bits per heavy atom. The van der Waals surface area contributed by atoms with Crippen molar-refractivity contribution in [2.75, 3.05) is 26.2 Å². The van der Waals surface area contributed by atoms with Crippen LogP contribution in [0.15, 0.2) is 22.8 Å². The van der Waals surface area contributed by atoms with Gasteiger partial charge in [0.05, 0.1) is 25.4 Å². The number of rotatable bonds is 6. The van der Waals surface area contributed by atoms with E-state index in [-0.39, 0.29) is 12.0 Å². The quantitative estimate of drug-likeness (QED) is 0.856. The Morgan fingerprint density at radius 2 is 2.40 bits per heavy atom. The number of morpholine rings is 1. The van der Waals surface area contributed by atoms with Gasteiger partial charge in [0.15, 0.2) is 0 Å². The van der Waals surface area contributed by atoms with E-state index in [1.807, 2.05) is 12.1 Å². The van der Waals surface area contributed by atoms with Crippen LogP contribution in [0.3, 0.4) is 0 Å². The second-order valence-electron chi connectivity index (χ2n) is 5.46. The maximum atomic E-state index is 11.9. The molecule has 0 radical (unpaired) electrons. The van der Waals surface area contributed by atoms with Crippen molar-refractivity contribution in [2.24, 2.45) is 0 Å². The lowest BCUT2D eigenvalue weighted by Crippen LogP contribution is -2.47. The number of carbonyl (C=O) groups excluding carboxylic acids is 1. The molecule has 1 saturated heterocycles. The molecule has 0 unspecified atom stereocenters. The molecule has 20 heavy (non-hydrogen) atoms. The first-order chi connectivity index (χ1) is 9.65. The average Bonchev–Trinajstić information content (AvgIpc) is 2.92. The SMILES string of the molecule is CC(C)N1CCO[C@@H](CC(=O)NCCc2ccco2)C1. The summed E-state index contributed by atoms with van der Waals surface area (Å²) in [4.78, 5) is 14.2. The van der Waals surface area contributed by atoms with Crippen molar-refractivity contribution in [3.63, 3.8) is 0 Å². The van der Waals surface area contributed by atoms with E-state index in [2.05, 4.69) is 24.1 Å². The highest BCUT2D eigenvalue weighted by molar-refractivity contribution is 5.76. The molecule has 0 saturated carbocycles. The van der Waals surface area contributed by atoms with Crippen LogP contribution in [0.5, 0.6) is 0 Å². The summed E-state index contributed by atoms with van der Waals surface area (Å²) in [6.45, 7) is 7.45. The maximum Gasteiger partial charge on any atom is 0.222 e. The first-order valence-electron chi connectivity index (χ1n) is 7.30. The van der Waals surface area contributed by atoms with Gasteiger partial charge in [-0.1, -0.05) is 0 Å². The van der Waals surface area contributed by atoms with Gasteiger partial charge < -0.3 is 14.5 Å². The highest BCUT2D eigenvalue weighted by atomic mass is 16.5. The predicted molar refractivity (Wildman–Crippen MR) is 76.5 cm³/mol. The number of ether oxygens (including phenoxy) is 1. The Hall–Kier alpha value is -1.33. The van der Waals surface area contributed by atoms with Crippen LogP contribution in [0.25, 0.3) is 0 Å². The van der Waals surface area contributed by atoms with Gasteiger partial charge in [-0.25, -0.2) is 0 Å². The van der Waals surface area contributed by atoms with E-state index >= 15 is 0 Å². The third kappa shape index (κ3) is 4.65. The predicted octanol–water partition coefficient (Wildman–Crippen LogP) is 1.44. The minimum Gasteiger partial charge on any atom is -0.469 e. The van der Waals surface area contributed by atoms with Gasteiger partial charge in [-0.05, 0) is 26.0 Å². The lowest BCUT2D eigenvalue weighted by atomic mass is 10.1. The van der Waals surface area contributed by atoms with Crippen molar-refractivity contribution in [2.45, 2.75) is 38.8 Å². The van der Waals surface area contributed by atoms with E-state index in [4.69, 9.17) is 9.15 Å². The van der Waals surface area contributed by atoms with E-state index in [0.717, 1.165) is 25.3 Å². The fraction of sp³-hybridized carbons (Fsp3) is 0.667. The largest absolute Gasteiger partial charge is 0.469 e. The van der Waals surface area contributed by atoms with Crippen LogP contribution in [0.2, 0.25) is 0 Å². The monoisotopic (exact) mass is 280 g/mol. The molecule has 2 heterocycles. The molecule has 1 N–H and O–H groups in total. The normalized spacial score (nSPS) is 20.2. The van der Waals surface area contributed by atoms with Gasteiger partial charge in [0.25, 0.3) is 0 Å². The van der Waals surface area contributed by atoms with E-state index in [9.17, 15) is 4.79 Å². The van der Waals surface area contributed by atoms with E-state index in [1.54, 1.807) is 6.26 Å². The van der Waals surface area contributed by atoms with Crippen LogP contribution in [0, 0.1) is 0 Å². The van der Waals surface area contributed by atoms with Crippen molar-refractivity contribution < 1.29 is 13.9 Å². The molecule has 1 aromatic heterocycles. The molecular formula is C15H24N2O3. The Balaban J connectivity index is 1.66. The molecule has 1 aliphatic heterocycles. The summed E-state index contributed by atoms with van der Waals surface area (Å²) in [6.07, 6.45) is 2.81. The number of nitrogens with one attached hydrogen (secondary N) is 1. The van der Waals surface area contributed by atoms with E-state index in [1.165, 1.54) is 0 Å². The fourth-order valence-electron chi connectivity index (χ4n) is 2.39. The van der Waals surface area contributed by atoms with Gasteiger partial charge in [-0.2, -0.15) is 0 Å². The van der Waals surface area contributed by atoms with Crippen LogP contribution in [-0.4, -0.2) is 49.2 Å². The second-order valence-corrected chi connectivity index (χ2v) is 5.46. The molecule has 2 rings (SSSR count). The Morgan fingerprint density at radius 3 is 3.10 bits per heavy atom. The van der Waals surface area contributed by atoms with Crippen LogP contribution in [-0.2, 0) is 16.0 Å². The van der Waals surface area contributed by atoms with Gasteiger partial charge >= 0.3 is 0 Å². The number of amides is 1. The lowest BCUT2D eigenvalue weighted by molar-refractivity contribution is -0.126. The third-order valence-corrected chi connectivity index (χ3v) is 3.59. The minimum atomic E-state index is 0.00904. The molecule has 1 amide bonds. The molecule has 0 bridgehead atoms. The number of hydrogen-bond acceptors (Lipinski definition) is 4. The molecule has 5 heteroatoms. The lowest BCUT2D eigenvalue weighted by Gasteiger charge is -2.35. The molecular weight excluding hydrogens is 256 g/mol. The second kappa shape index (κ2) is 7.45. The number of carbonyl (C=O) groups is 1. The van der Waals surface area contributed by atoms with Crippen molar-refractivity contribution >= 4 is 5.91 Å². The number of furan rings is 1. The molecule has 1 atom stereocenters. The highest BCUT2D eigenvalue weighted by Crippen LogP contribution is 2.11. The number of nitrogens with zero attached hydrogens (tertiary/aromatic N) is 1. The first-order valence-corrected chi connectivity index (χ1v) is 7.30. The molecule has 112 valence electrons. The summed E-state index contributed by atoms with van der Waals surface area (Å²) in [5.74, 6) is 0.942. The number of hydrogen-bond donors (Lipinski definition) is 1. The summed E-state index contributed by atoms with van der Waals surface area (Å²) in [5.41, 5.74) is 0.